The number of ether oxygens (including phenoxy) is 1. The number of phenols is 1. The first-order valence-electron chi connectivity index (χ1n) is 14.6. The number of hydrogen-bond donors (Lipinski definition) is 1. The van der Waals surface area contributed by atoms with E-state index in [1.807, 2.05) is 36.4 Å². The van der Waals surface area contributed by atoms with Gasteiger partial charge in [0.05, 0.1) is 25.8 Å². The van der Waals surface area contributed by atoms with Gasteiger partial charge < -0.3 is 19.6 Å². The van der Waals surface area contributed by atoms with Gasteiger partial charge in [-0.3, -0.25) is 14.4 Å². The van der Waals surface area contributed by atoms with Gasteiger partial charge in [0.25, 0.3) is 0 Å². The topological polar surface area (TPSA) is 111 Å². The highest BCUT2D eigenvalue weighted by molar-refractivity contribution is 5.92. The van der Waals surface area contributed by atoms with Gasteiger partial charge in [0.2, 0.25) is 17.7 Å². The number of methoxy groups -OCH3 is 1. The second-order valence-corrected chi connectivity index (χ2v) is 10.9. The van der Waals surface area contributed by atoms with Gasteiger partial charge in [0.1, 0.15) is 18.0 Å². The van der Waals surface area contributed by atoms with Crippen LogP contribution in [0.1, 0.15) is 33.5 Å². The molecule has 0 radical (unpaired) electrons. The summed E-state index contributed by atoms with van der Waals surface area (Å²) in [5, 5.41) is 13.1. The van der Waals surface area contributed by atoms with Crippen molar-refractivity contribution in [2.45, 2.75) is 38.0 Å². The van der Waals surface area contributed by atoms with Crippen LogP contribution < -0.4 is 0 Å². The van der Waals surface area contributed by atoms with Gasteiger partial charge in [-0.05, 0) is 47.4 Å². The standard InChI is InChI=1S/C34H36N4O6/c1-3-18-36-23-32(41)37-29(20-25-12-15-28(39)16-13-25)33(42)35(21-26-10-7-11-27(19-26)34(43)44-2)22-30(37)38(36)31(40)17-14-24-8-5-4-6-9-24/h3-13,15-16,19,29-30,39H,1,14,17-18,20-23H2,2H3/t29-,30-/m0/s1. The van der Waals surface area contributed by atoms with Crippen molar-refractivity contribution in [3.8, 4) is 5.75 Å². The molecule has 44 heavy (non-hydrogen) atoms. The Labute approximate surface area is 256 Å². The molecule has 5 rings (SSSR count). The number of phenolic OH excluding ortho intramolecular Hbond substituents is 1. The van der Waals surface area contributed by atoms with Crippen molar-refractivity contribution < 1.29 is 29.0 Å². The largest absolute Gasteiger partial charge is 0.508 e. The number of carbonyl (C=O) groups is 4. The molecule has 0 saturated carbocycles. The fourth-order valence-corrected chi connectivity index (χ4v) is 5.90. The molecule has 0 bridgehead atoms. The lowest BCUT2D eigenvalue weighted by molar-refractivity contribution is -0.205. The van der Waals surface area contributed by atoms with Crippen molar-refractivity contribution in [1.82, 2.24) is 19.8 Å². The second-order valence-electron chi connectivity index (χ2n) is 10.9. The van der Waals surface area contributed by atoms with E-state index >= 15 is 0 Å². The summed E-state index contributed by atoms with van der Waals surface area (Å²) in [6.07, 6.45) is 1.85. The molecule has 2 atom stereocenters. The van der Waals surface area contributed by atoms with Crippen LogP contribution in [0.4, 0.5) is 0 Å². The van der Waals surface area contributed by atoms with Crippen LogP contribution in [-0.2, 0) is 38.5 Å². The molecular weight excluding hydrogens is 560 g/mol. The molecule has 10 heteroatoms. The smallest absolute Gasteiger partial charge is 0.337 e. The Balaban J connectivity index is 1.50. The van der Waals surface area contributed by atoms with E-state index in [-0.39, 0.29) is 62.5 Å². The first-order valence-corrected chi connectivity index (χ1v) is 14.6. The molecule has 2 heterocycles. The van der Waals surface area contributed by atoms with Crippen molar-refractivity contribution >= 4 is 23.7 Å². The molecule has 0 spiro atoms. The molecule has 1 N–H and O–H groups in total. The number of rotatable bonds is 10. The lowest BCUT2D eigenvalue weighted by atomic mass is 9.97. The summed E-state index contributed by atoms with van der Waals surface area (Å²) in [5.41, 5.74) is 2.86. The molecule has 3 aromatic carbocycles. The van der Waals surface area contributed by atoms with Gasteiger partial charge in [0.15, 0.2) is 0 Å². The van der Waals surface area contributed by atoms with Crippen LogP contribution in [0.3, 0.4) is 0 Å². The van der Waals surface area contributed by atoms with Crippen LogP contribution in [0, 0.1) is 0 Å². The first-order chi connectivity index (χ1) is 21.3. The number of amides is 3. The van der Waals surface area contributed by atoms with E-state index in [4.69, 9.17) is 4.74 Å². The molecule has 3 aromatic rings. The minimum absolute atomic E-state index is 0.0693. The third-order valence-corrected chi connectivity index (χ3v) is 7.98. The Morgan fingerprint density at radius 1 is 0.977 bits per heavy atom. The van der Waals surface area contributed by atoms with E-state index in [0.717, 1.165) is 11.1 Å². The minimum Gasteiger partial charge on any atom is -0.508 e. The summed E-state index contributed by atoms with van der Waals surface area (Å²) in [6.45, 7) is 4.30. The van der Waals surface area contributed by atoms with Crippen LogP contribution >= 0.6 is 0 Å². The number of hydrogen-bond acceptors (Lipinski definition) is 7. The highest BCUT2D eigenvalue weighted by Gasteiger charge is 2.51. The lowest BCUT2D eigenvalue weighted by Gasteiger charge is -2.55. The molecule has 0 aliphatic carbocycles. The molecule has 2 fully saturated rings. The number of aryl methyl sites for hydroxylation is 1. The zero-order chi connectivity index (χ0) is 31.2. The summed E-state index contributed by atoms with van der Waals surface area (Å²) >= 11 is 0. The Bertz CT molecular complexity index is 1530. The first kappa shape index (κ1) is 30.5. The molecule has 228 valence electrons. The molecular formula is C34H36N4O6. The van der Waals surface area contributed by atoms with Gasteiger partial charge in [-0.2, -0.15) is 0 Å². The predicted molar refractivity (Wildman–Crippen MR) is 163 cm³/mol. The number of carbonyl (C=O) groups excluding carboxylic acids is 4. The van der Waals surface area contributed by atoms with E-state index in [2.05, 4.69) is 6.58 Å². The average Bonchev–Trinajstić information content (AvgIpc) is 3.03. The molecule has 0 aromatic heterocycles. The summed E-state index contributed by atoms with van der Waals surface area (Å²) in [6, 6.07) is 22.2. The molecule has 0 unspecified atom stereocenters. The normalized spacial score (nSPS) is 18.6. The van der Waals surface area contributed by atoms with Crippen molar-refractivity contribution in [3.63, 3.8) is 0 Å². The Kier molecular flexibility index (Phi) is 9.40. The fourth-order valence-electron chi connectivity index (χ4n) is 5.90. The SMILES string of the molecule is C=CCN1CC(=O)N2[C@@H](Cc3ccc(O)cc3)C(=O)N(Cc3cccc(C(=O)OC)c3)C[C@@H]2N1C(=O)CCc1ccccc1. The molecule has 2 saturated heterocycles. The van der Waals surface area contributed by atoms with Gasteiger partial charge in [-0.15, -0.1) is 6.58 Å². The highest BCUT2D eigenvalue weighted by Crippen LogP contribution is 2.30. The van der Waals surface area contributed by atoms with E-state index in [0.29, 0.717) is 17.5 Å². The van der Waals surface area contributed by atoms with Gasteiger partial charge >= 0.3 is 5.97 Å². The molecule has 2 aliphatic heterocycles. The monoisotopic (exact) mass is 596 g/mol. The maximum absolute atomic E-state index is 14.1. The maximum Gasteiger partial charge on any atom is 0.337 e. The van der Waals surface area contributed by atoms with Crippen molar-refractivity contribution in [3.05, 3.63) is 114 Å². The van der Waals surface area contributed by atoms with Crippen LogP contribution in [0.25, 0.3) is 0 Å². The third kappa shape index (κ3) is 6.65. The zero-order valence-electron chi connectivity index (χ0n) is 24.7. The van der Waals surface area contributed by atoms with Crippen LogP contribution in [0.15, 0.2) is 91.5 Å². The number of piperazine rings is 1. The van der Waals surface area contributed by atoms with E-state index < -0.39 is 18.2 Å². The summed E-state index contributed by atoms with van der Waals surface area (Å²) in [5.74, 6) is -1.07. The summed E-state index contributed by atoms with van der Waals surface area (Å²) in [4.78, 5) is 57.2. The number of esters is 1. The minimum atomic E-state index is -0.884. The number of hydrazine groups is 1. The number of fused-ring (bicyclic) bond motifs is 1. The van der Waals surface area contributed by atoms with Gasteiger partial charge in [-0.1, -0.05) is 60.7 Å². The number of benzene rings is 3. The van der Waals surface area contributed by atoms with Crippen LogP contribution in [0.5, 0.6) is 5.75 Å². The number of nitrogens with zero attached hydrogens (tertiary/aromatic N) is 4. The van der Waals surface area contributed by atoms with E-state index in [9.17, 15) is 24.3 Å². The number of aromatic hydroxyl groups is 1. The lowest BCUT2D eigenvalue weighted by Crippen LogP contribution is -2.75. The fraction of sp³-hybridized carbons (Fsp3) is 0.294. The second kappa shape index (κ2) is 13.6. The third-order valence-electron chi connectivity index (χ3n) is 7.98. The summed E-state index contributed by atoms with van der Waals surface area (Å²) in [7, 11) is 1.31. The summed E-state index contributed by atoms with van der Waals surface area (Å²) < 4.78 is 4.87. The van der Waals surface area contributed by atoms with Crippen molar-refractivity contribution in [2.75, 3.05) is 26.7 Å². The van der Waals surface area contributed by atoms with Gasteiger partial charge in [-0.25, -0.2) is 14.8 Å². The Hall–Kier alpha value is -4.96. The molecule has 2 aliphatic rings. The molecule has 3 amide bonds. The highest BCUT2D eigenvalue weighted by atomic mass is 16.5. The maximum atomic E-state index is 14.1. The Morgan fingerprint density at radius 3 is 2.41 bits per heavy atom. The molecule has 10 nitrogen and oxygen atoms in total. The quantitative estimate of drug-likeness (QED) is 0.283. The average molecular weight is 597 g/mol. The predicted octanol–water partition coefficient (Wildman–Crippen LogP) is 3.17. The van der Waals surface area contributed by atoms with Crippen molar-refractivity contribution in [2.24, 2.45) is 0 Å². The zero-order valence-corrected chi connectivity index (χ0v) is 24.7. The van der Waals surface area contributed by atoms with Crippen LogP contribution in [-0.4, -0.2) is 87.6 Å². The van der Waals surface area contributed by atoms with Crippen LogP contribution in [0.2, 0.25) is 0 Å². The van der Waals surface area contributed by atoms with E-state index in [1.54, 1.807) is 68.4 Å². The van der Waals surface area contributed by atoms with E-state index in [1.165, 1.54) is 7.11 Å². The Morgan fingerprint density at radius 2 is 1.70 bits per heavy atom. The van der Waals surface area contributed by atoms with Crippen molar-refractivity contribution in [1.29, 1.82) is 0 Å². The van der Waals surface area contributed by atoms with Gasteiger partial charge in [0, 0.05) is 25.9 Å².